The Kier molecular flexibility index (Phi) is 14.8. The summed E-state index contributed by atoms with van der Waals surface area (Å²) >= 11 is 1.29. The highest BCUT2D eigenvalue weighted by Gasteiger charge is 2.40. The fraction of sp³-hybridized carbons (Fsp3) is 0.452. The molecular weight excluding hydrogens is 701 g/mol. The molecule has 3 aromatic rings. The van der Waals surface area contributed by atoms with E-state index in [0.29, 0.717) is 68.7 Å². The monoisotopic (exact) mass is 754 g/mol. The van der Waals surface area contributed by atoms with Gasteiger partial charge in [-0.25, -0.2) is 0 Å². The third-order valence-corrected chi connectivity index (χ3v) is 11.3. The molecule has 2 heterocycles. The van der Waals surface area contributed by atoms with Crippen molar-refractivity contribution in [2.45, 2.75) is 88.1 Å². The van der Waals surface area contributed by atoms with Gasteiger partial charge in [0.1, 0.15) is 12.1 Å². The predicted octanol–water partition coefficient (Wildman–Crippen LogP) is 4.68. The molecule has 1 fully saturated rings. The molecule has 2 aliphatic rings. The van der Waals surface area contributed by atoms with Crippen molar-refractivity contribution in [1.29, 1.82) is 0 Å². The van der Waals surface area contributed by atoms with Crippen LogP contribution in [0.1, 0.15) is 90.1 Å². The van der Waals surface area contributed by atoms with Crippen molar-refractivity contribution in [1.82, 2.24) is 25.2 Å². The number of hydrogen-bond donors (Lipinski definition) is 4. The Bertz CT molecular complexity index is 1710. The van der Waals surface area contributed by atoms with Gasteiger partial charge in [-0.2, -0.15) is 0 Å². The van der Waals surface area contributed by atoms with Crippen molar-refractivity contribution < 1.29 is 24.0 Å². The summed E-state index contributed by atoms with van der Waals surface area (Å²) in [6, 6.07) is 24.7. The van der Waals surface area contributed by atoms with Crippen molar-refractivity contribution >= 4 is 41.5 Å². The van der Waals surface area contributed by atoms with Crippen molar-refractivity contribution in [3.05, 3.63) is 107 Å². The topological polar surface area (TPSA) is 154 Å². The molecule has 0 aromatic heterocycles. The highest BCUT2D eigenvalue weighted by atomic mass is 32.2. The zero-order valence-corrected chi connectivity index (χ0v) is 32.4. The second-order valence-corrected chi connectivity index (χ2v) is 15.8. The normalized spacial score (nSPS) is 18.9. The molecule has 5 rings (SSSR count). The summed E-state index contributed by atoms with van der Waals surface area (Å²) in [5, 5.41) is 5.29. The van der Waals surface area contributed by atoms with E-state index in [2.05, 4.69) is 29.2 Å². The van der Waals surface area contributed by atoms with Gasteiger partial charge in [-0.05, 0) is 73.6 Å². The van der Waals surface area contributed by atoms with Crippen LogP contribution in [-0.2, 0) is 20.8 Å². The first-order chi connectivity index (χ1) is 26.1. The van der Waals surface area contributed by atoms with Crippen molar-refractivity contribution in [2.75, 3.05) is 26.7 Å². The number of rotatable bonds is 18. The standard InChI is InChI=1S/C42H54N6O5S/c1-28(2)24-32(43)27-45-54-37(20-12-13-22-48-40(51)33-18-10-11-19-34(33)41(48)52)39(50)46-35-26-31(30-16-8-5-9-17-30)21-23-47(42(35)53)36(38(49)44-3)25-29-14-6-4-7-15-29/h4-11,14-19,28,31-32,35-37,45H,12-13,20-27,43H2,1-3H3,(H,44,49)(H,46,50). The molecule has 2 aliphatic heterocycles. The molecule has 54 heavy (non-hydrogen) atoms. The first kappa shape index (κ1) is 40.7. The molecule has 0 spiro atoms. The number of hydrogen-bond acceptors (Lipinski definition) is 8. The molecule has 5 unspecified atom stereocenters. The van der Waals surface area contributed by atoms with Crippen LogP contribution in [-0.4, -0.2) is 89.4 Å². The van der Waals surface area contributed by atoms with Crippen molar-refractivity contribution in [3.63, 3.8) is 0 Å². The van der Waals surface area contributed by atoms with Gasteiger partial charge in [0.05, 0.1) is 16.4 Å². The van der Waals surface area contributed by atoms with Crippen LogP contribution in [0.25, 0.3) is 0 Å². The number of fused-ring (bicyclic) bond motifs is 1. The molecule has 1 saturated heterocycles. The van der Waals surface area contributed by atoms with Gasteiger partial charge < -0.3 is 21.3 Å². The van der Waals surface area contributed by atoms with Gasteiger partial charge in [0.2, 0.25) is 17.7 Å². The Balaban J connectivity index is 1.32. The lowest BCUT2D eigenvalue weighted by Crippen LogP contribution is -2.56. The molecule has 12 heteroatoms. The lowest BCUT2D eigenvalue weighted by atomic mass is 9.90. The number of nitrogens with two attached hydrogens (primary N) is 1. The number of nitrogens with zero attached hydrogens (tertiary/aromatic N) is 2. The van der Waals surface area contributed by atoms with E-state index >= 15 is 0 Å². The predicted molar refractivity (Wildman–Crippen MR) is 213 cm³/mol. The fourth-order valence-electron chi connectivity index (χ4n) is 7.41. The second-order valence-electron chi connectivity index (χ2n) is 14.7. The Hall–Kier alpha value is -4.52. The molecule has 0 bridgehead atoms. The number of carbonyl (C=O) groups is 5. The highest BCUT2D eigenvalue weighted by molar-refractivity contribution is 7.98. The average molecular weight is 755 g/mol. The Labute approximate surface area is 323 Å². The van der Waals surface area contributed by atoms with Gasteiger partial charge in [-0.15, -0.1) is 0 Å². The van der Waals surface area contributed by atoms with E-state index in [1.54, 1.807) is 36.2 Å². The number of benzene rings is 3. The maximum atomic E-state index is 14.5. The molecule has 5 N–H and O–H groups in total. The molecule has 3 aromatic carbocycles. The first-order valence-corrected chi connectivity index (χ1v) is 20.0. The Morgan fingerprint density at radius 3 is 2.13 bits per heavy atom. The molecular formula is C42H54N6O5S. The molecule has 0 saturated carbocycles. The molecule has 0 aliphatic carbocycles. The van der Waals surface area contributed by atoms with Gasteiger partial charge in [0, 0.05) is 39.1 Å². The molecule has 288 valence electrons. The van der Waals surface area contributed by atoms with E-state index in [0.717, 1.165) is 17.5 Å². The van der Waals surface area contributed by atoms with Crippen LogP contribution < -0.4 is 21.1 Å². The maximum absolute atomic E-state index is 14.5. The van der Waals surface area contributed by atoms with Crippen molar-refractivity contribution in [2.24, 2.45) is 11.7 Å². The van der Waals surface area contributed by atoms with Gasteiger partial charge in [-0.1, -0.05) is 98.6 Å². The van der Waals surface area contributed by atoms with E-state index in [4.69, 9.17) is 5.73 Å². The third kappa shape index (κ3) is 10.6. The summed E-state index contributed by atoms with van der Waals surface area (Å²) in [5.74, 6) is -1.03. The maximum Gasteiger partial charge on any atom is 0.261 e. The quantitative estimate of drug-likeness (QED) is 0.0830. The zero-order valence-electron chi connectivity index (χ0n) is 31.5. The zero-order chi connectivity index (χ0) is 38.6. The number of amides is 5. The highest BCUT2D eigenvalue weighted by Crippen LogP contribution is 2.31. The number of unbranched alkanes of at least 4 members (excludes halogenated alkanes) is 1. The number of carbonyl (C=O) groups excluding carboxylic acids is 5. The largest absolute Gasteiger partial charge is 0.357 e. The van der Waals surface area contributed by atoms with E-state index in [9.17, 15) is 24.0 Å². The van der Waals surface area contributed by atoms with Crippen LogP contribution in [0.3, 0.4) is 0 Å². The SMILES string of the molecule is CNC(=O)C(Cc1ccccc1)N1CCC(c2ccccc2)CC(NC(=O)C(CCCCN2C(=O)c3ccccc3C2=O)SNCC(N)CC(C)C)C1=O. The van der Waals surface area contributed by atoms with Crippen LogP contribution >= 0.6 is 11.9 Å². The third-order valence-electron chi connectivity index (χ3n) is 10.2. The lowest BCUT2D eigenvalue weighted by Gasteiger charge is -2.32. The van der Waals surface area contributed by atoms with Crippen LogP contribution in [0.5, 0.6) is 0 Å². The summed E-state index contributed by atoms with van der Waals surface area (Å²) in [5.41, 5.74) is 9.19. The minimum absolute atomic E-state index is 0.0227. The number of nitrogens with one attached hydrogen (secondary N) is 3. The average Bonchev–Trinajstić information content (AvgIpc) is 3.30. The molecule has 5 amide bonds. The molecule has 0 radical (unpaired) electrons. The summed E-state index contributed by atoms with van der Waals surface area (Å²) < 4.78 is 3.32. The number of likely N-dealkylation sites (N-methyl/N-ethyl adjacent to an activating group) is 1. The molecule has 11 nitrogen and oxygen atoms in total. The van der Waals surface area contributed by atoms with Crippen LogP contribution in [0.2, 0.25) is 0 Å². The Morgan fingerprint density at radius 2 is 1.50 bits per heavy atom. The second kappa shape index (κ2) is 19.7. The molecule has 5 atom stereocenters. The lowest BCUT2D eigenvalue weighted by molar-refractivity contribution is -0.142. The van der Waals surface area contributed by atoms with Crippen LogP contribution in [0, 0.1) is 5.92 Å². The van der Waals surface area contributed by atoms with Gasteiger partial charge in [0.25, 0.3) is 11.8 Å². The minimum Gasteiger partial charge on any atom is -0.357 e. The Morgan fingerprint density at radius 1 is 0.870 bits per heavy atom. The van der Waals surface area contributed by atoms with E-state index < -0.39 is 17.3 Å². The van der Waals surface area contributed by atoms with Crippen molar-refractivity contribution in [3.8, 4) is 0 Å². The smallest absolute Gasteiger partial charge is 0.261 e. The first-order valence-electron chi connectivity index (χ1n) is 19.1. The number of likely N-dealkylation sites (tertiary alicyclic amines) is 1. The van der Waals surface area contributed by atoms with Gasteiger partial charge >= 0.3 is 0 Å². The van der Waals surface area contributed by atoms with Crippen LogP contribution in [0.15, 0.2) is 84.9 Å². The number of imide groups is 1. The van der Waals surface area contributed by atoms with Crippen LogP contribution in [0.4, 0.5) is 0 Å². The summed E-state index contributed by atoms with van der Waals surface area (Å²) in [4.78, 5) is 70.9. The summed E-state index contributed by atoms with van der Waals surface area (Å²) in [6.07, 6.45) is 3.71. The fourth-order valence-corrected chi connectivity index (χ4v) is 8.38. The van der Waals surface area contributed by atoms with E-state index in [-0.39, 0.29) is 48.0 Å². The summed E-state index contributed by atoms with van der Waals surface area (Å²) in [7, 11) is 1.57. The van der Waals surface area contributed by atoms with E-state index in [1.807, 2.05) is 60.7 Å². The minimum atomic E-state index is -0.863. The van der Waals surface area contributed by atoms with Gasteiger partial charge in [-0.3, -0.25) is 33.6 Å². The summed E-state index contributed by atoms with van der Waals surface area (Å²) in [6.45, 7) is 5.33. The van der Waals surface area contributed by atoms with E-state index in [1.165, 1.54) is 16.8 Å². The van der Waals surface area contributed by atoms with Gasteiger partial charge in [0.15, 0.2) is 0 Å².